The van der Waals surface area contributed by atoms with E-state index in [1.165, 1.54) is 5.56 Å². The minimum atomic E-state index is 0.0541. The molecule has 0 aliphatic rings. The van der Waals surface area contributed by atoms with Crippen molar-refractivity contribution in [2.45, 2.75) is 46.5 Å². The molecular weight excluding hydrogens is 310 g/mol. The van der Waals surface area contributed by atoms with Gasteiger partial charge >= 0.3 is 0 Å². The Bertz CT molecular complexity index is 680. The van der Waals surface area contributed by atoms with E-state index in [2.05, 4.69) is 43.4 Å². The molecule has 0 atom stereocenters. The van der Waals surface area contributed by atoms with Crippen molar-refractivity contribution in [1.29, 1.82) is 0 Å². The molecule has 0 unspecified atom stereocenters. The Balaban J connectivity index is 2.14. The van der Waals surface area contributed by atoms with Crippen LogP contribution in [0, 0.1) is 0 Å². The highest BCUT2D eigenvalue weighted by Gasteiger charge is 2.17. The van der Waals surface area contributed by atoms with Gasteiger partial charge in [0.25, 0.3) is 0 Å². The number of Topliss-reactive ketones (excluding diaryl/α,β-unsaturated/α-hetero) is 1. The van der Waals surface area contributed by atoms with Crippen LogP contribution in [0.5, 0.6) is 5.75 Å². The molecule has 0 aromatic heterocycles. The maximum Gasteiger partial charge on any atom is 0.163 e. The van der Waals surface area contributed by atoms with Crippen molar-refractivity contribution in [3.63, 3.8) is 0 Å². The molecule has 2 aromatic rings. The molecule has 1 N–H and O–H groups in total. The van der Waals surface area contributed by atoms with Crippen LogP contribution in [0.15, 0.2) is 42.5 Å². The number of hydrogen-bond donors (Lipinski definition) is 1. The number of anilines is 1. The molecule has 0 bridgehead atoms. The van der Waals surface area contributed by atoms with Gasteiger partial charge in [-0.3, -0.25) is 4.79 Å². The largest absolute Gasteiger partial charge is 0.492 e. The lowest BCUT2D eigenvalue weighted by molar-refractivity contribution is 0.101. The molecule has 25 heavy (non-hydrogen) atoms. The predicted molar refractivity (Wildman–Crippen MR) is 105 cm³/mol. The average molecular weight is 339 g/mol. The van der Waals surface area contributed by atoms with E-state index < -0.39 is 0 Å². The van der Waals surface area contributed by atoms with Crippen molar-refractivity contribution in [1.82, 2.24) is 0 Å². The summed E-state index contributed by atoms with van der Waals surface area (Å²) in [6.07, 6.45) is 3.82. The molecule has 0 radical (unpaired) electrons. The van der Waals surface area contributed by atoms with Gasteiger partial charge in [0.05, 0.1) is 12.2 Å². The van der Waals surface area contributed by atoms with E-state index >= 15 is 0 Å². The number of nitrogens with one attached hydrogen (secondary N) is 1. The van der Waals surface area contributed by atoms with E-state index in [9.17, 15) is 4.79 Å². The van der Waals surface area contributed by atoms with Gasteiger partial charge in [0.2, 0.25) is 0 Å². The van der Waals surface area contributed by atoms with Crippen LogP contribution in [0.25, 0.3) is 0 Å². The Kier molecular flexibility index (Phi) is 7.52. The molecule has 0 spiro atoms. The Labute approximate surface area is 151 Å². The zero-order chi connectivity index (χ0) is 18.1. The third-order valence-electron chi connectivity index (χ3n) is 4.21. The van der Waals surface area contributed by atoms with E-state index in [4.69, 9.17) is 4.74 Å². The Morgan fingerprint density at radius 2 is 1.80 bits per heavy atom. The van der Waals surface area contributed by atoms with Crippen molar-refractivity contribution in [2.24, 2.45) is 0 Å². The molecule has 3 heteroatoms. The molecule has 3 nitrogen and oxygen atoms in total. The van der Waals surface area contributed by atoms with E-state index in [1.807, 2.05) is 18.2 Å². The van der Waals surface area contributed by atoms with Gasteiger partial charge < -0.3 is 10.1 Å². The Morgan fingerprint density at radius 1 is 1.04 bits per heavy atom. The maximum atomic E-state index is 12.0. The number of hydrogen-bond acceptors (Lipinski definition) is 3. The van der Waals surface area contributed by atoms with Gasteiger partial charge in [-0.15, -0.1) is 0 Å². The topological polar surface area (TPSA) is 38.3 Å². The lowest BCUT2D eigenvalue weighted by Gasteiger charge is -2.19. The van der Waals surface area contributed by atoms with Gasteiger partial charge in [-0.05, 0) is 50.8 Å². The molecule has 0 fully saturated rings. The Morgan fingerprint density at radius 3 is 2.44 bits per heavy atom. The van der Waals surface area contributed by atoms with Gasteiger partial charge in [-0.25, -0.2) is 0 Å². The van der Waals surface area contributed by atoms with Crippen LogP contribution in [0.1, 0.15) is 55.1 Å². The fourth-order valence-electron chi connectivity index (χ4n) is 3.02. The number of carbonyl (C=O) groups is 1. The smallest absolute Gasteiger partial charge is 0.163 e. The molecule has 0 heterocycles. The maximum absolute atomic E-state index is 12.0. The van der Waals surface area contributed by atoms with Crippen LogP contribution < -0.4 is 10.1 Å². The molecule has 2 aromatic carbocycles. The highest BCUT2D eigenvalue weighted by molar-refractivity contribution is 5.98. The number of ether oxygens (including phenoxy) is 1. The number of ketones is 1. The monoisotopic (exact) mass is 339 g/mol. The summed E-state index contributed by atoms with van der Waals surface area (Å²) in [5.74, 6) is 0.819. The molecule has 0 amide bonds. The lowest BCUT2D eigenvalue weighted by Crippen LogP contribution is -2.10. The third-order valence-corrected chi connectivity index (χ3v) is 4.21. The summed E-state index contributed by atoms with van der Waals surface area (Å²) in [4.78, 5) is 12.0. The first-order valence-electron chi connectivity index (χ1n) is 9.24. The lowest BCUT2D eigenvalue weighted by atomic mass is 10.00. The summed E-state index contributed by atoms with van der Waals surface area (Å²) in [6, 6.07) is 14.3. The standard InChI is InChI=1S/C22H29NO2/c1-4-10-20-21(23-5-2)15-14-19(17(3)24)22(20)25-16-9-13-18-11-7-6-8-12-18/h6-8,11-12,14-15,23H,4-5,9-10,13,16H2,1-3H3. The summed E-state index contributed by atoms with van der Waals surface area (Å²) < 4.78 is 6.13. The normalized spacial score (nSPS) is 10.5. The number of rotatable bonds is 10. The zero-order valence-corrected chi connectivity index (χ0v) is 15.6. The second kappa shape index (κ2) is 9.87. The number of aryl methyl sites for hydroxylation is 1. The molecule has 0 aliphatic heterocycles. The highest BCUT2D eigenvalue weighted by atomic mass is 16.5. The third kappa shape index (κ3) is 5.35. The second-order valence-corrected chi connectivity index (χ2v) is 6.24. The summed E-state index contributed by atoms with van der Waals surface area (Å²) >= 11 is 0. The summed E-state index contributed by atoms with van der Waals surface area (Å²) in [7, 11) is 0. The van der Waals surface area contributed by atoms with Gasteiger partial charge in [-0.1, -0.05) is 43.7 Å². The second-order valence-electron chi connectivity index (χ2n) is 6.24. The molecule has 0 aliphatic carbocycles. The number of carbonyl (C=O) groups excluding carboxylic acids is 1. The van der Waals surface area contributed by atoms with Crippen LogP contribution in [-0.2, 0) is 12.8 Å². The molecule has 0 saturated heterocycles. The predicted octanol–water partition coefficient (Wildman–Crippen LogP) is 5.29. The summed E-state index contributed by atoms with van der Waals surface area (Å²) in [5.41, 5.74) is 4.20. The number of benzene rings is 2. The van der Waals surface area contributed by atoms with Crippen molar-refractivity contribution in [3.8, 4) is 5.75 Å². The van der Waals surface area contributed by atoms with Crippen molar-refractivity contribution < 1.29 is 9.53 Å². The molecule has 134 valence electrons. The quantitative estimate of drug-likeness (QED) is 0.472. The minimum absolute atomic E-state index is 0.0541. The fourth-order valence-corrected chi connectivity index (χ4v) is 3.02. The van der Waals surface area contributed by atoms with Crippen LogP contribution in [0.4, 0.5) is 5.69 Å². The van der Waals surface area contributed by atoms with Crippen LogP contribution in [0.2, 0.25) is 0 Å². The van der Waals surface area contributed by atoms with Crippen molar-refractivity contribution in [3.05, 3.63) is 59.2 Å². The molecule has 2 rings (SSSR count). The molecule has 0 saturated carbocycles. The van der Waals surface area contributed by atoms with Crippen molar-refractivity contribution in [2.75, 3.05) is 18.5 Å². The van der Waals surface area contributed by atoms with Crippen LogP contribution in [-0.4, -0.2) is 18.9 Å². The van der Waals surface area contributed by atoms with E-state index in [-0.39, 0.29) is 5.78 Å². The molecular formula is C22H29NO2. The summed E-state index contributed by atoms with van der Waals surface area (Å²) in [6.45, 7) is 7.30. The van der Waals surface area contributed by atoms with E-state index in [1.54, 1.807) is 6.92 Å². The van der Waals surface area contributed by atoms with Crippen molar-refractivity contribution >= 4 is 11.5 Å². The highest BCUT2D eigenvalue weighted by Crippen LogP contribution is 2.32. The minimum Gasteiger partial charge on any atom is -0.492 e. The SMILES string of the molecule is CCCc1c(NCC)ccc(C(C)=O)c1OCCCc1ccccc1. The van der Waals surface area contributed by atoms with Gasteiger partial charge in [-0.2, -0.15) is 0 Å². The van der Waals surface area contributed by atoms with Gasteiger partial charge in [0.1, 0.15) is 5.75 Å². The zero-order valence-electron chi connectivity index (χ0n) is 15.6. The fraction of sp³-hybridized carbons (Fsp3) is 0.409. The van der Waals surface area contributed by atoms with Crippen LogP contribution in [0.3, 0.4) is 0 Å². The summed E-state index contributed by atoms with van der Waals surface area (Å²) in [5, 5.41) is 3.39. The van der Waals surface area contributed by atoms with Crippen LogP contribution >= 0.6 is 0 Å². The first-order chi connectivity index (χ1) is 12.2. The van der Waals surface area contributed by atoms with E-state index in [0.29, 0.717) is 12.2 Å². The van der Waals surface area contributed by atoms with Gasteiger partial charge in [0.15, 0.2) is 5.78 Å². The van der Waals surface area contributed by atoms with E-state index in [0.717, 1.165) is 49.2 Å². The van der Waals surface area contributed by atoms with Gasteiger partial charge in [0, 0.05) is 17.8 Å². The average Bonchev–Trinajstić information content (AvgIpc) is 2.61. The first kappa shape index (κ1) is 19.0. The first-order valence-corrected chi connectivity index (χ1v) is 9.24. The Hall–Kier alpha value is -2.29.